The molecule has 1 rings (SSSR count). The largest absolute Gasteiger partial charge is 0.478 e. The molecule has 2 amide bonds. The van der Waals surface area contributed by atoms with Crippen LogP contribution in [0.25, 0.3) is 0 Å². The molecular formula is C15H18N4O8S. The summed E-state index contributed by atoms with van der Waals surface area (Å²) in [5.74, 6) is -5.35. The van der Waals surface area contributed by atoms with Gasteiger partial charge in [0.15, 0.2) is 5.92 Å². The van der Waals surface area contributed by atoms with E-state index in [1.54, 1.807) is 6.92 Å². The van der Waals surface area contributed by atoms with E-state index in [1.807, 2.05) is 0 Å². The number of hydrogen-bond acceptors (Lipinski definition) is 8. The SMILES string of the molecule is CCCNC(=O)C(C(=O)NCCS)c1c([N+](=O)[O-])cc(C(=O)O)cc1[N+](=O)[O-]. The van der Waals surface area contributed by atoms with Crippen molar-refractivity contribution in [1.82, 2.24) is 10.6 Å². The number of rotatable bonds is 10. The molecule has 0 aromatic heterocycles. The third-order valence-corrected chi connectivity index (χ3v) is 3.77. The minimum absolute atomic E-state index is 0.00824. The minimum Gasteiger partial charge on any atom is -0.478 e. The van der Waals surface area contributed by atoms with Crippen LogP contribution in [0.3, 0.4) is 0 Å². The zero-order valence-electron chi connectivity index (χ0n) is 14.7. The van der Waals surface area contributed by atoms with Gasteiger partial charge in [-0.25, -0.2) is 4.79 Å². The predicted molar refractivity (Wildman–Crippen MR) is 99.6 cm³/mol. The molecule has 0 saturated carbocycles. The van der Waals surface area contributed by atoms with E-state index in [2.05, 4.69) is 23.3 Å². The van der Waals surface area contributed by atoms with Crippen molar-refractivity contribution in [2.45, 2.75) is 19.3 Å². The van der Waals surface area contributed by atoms with Crippen LogP contribution >= 0.6 is 12.6 Å². The van der Waals surface area contributed by atoms with E-state index in [9.17, 15) is 34.6 Å². The fourth-order valence-corrected chi connectivity index (χ4v) is 2.47. The molecule has 28 heavy (non-hydrogen) atoms. The van der Waals surface area contributed by atoms with Crippen LogP contribution in [0.4, 0.5) is 11.4 Å². The zero-order valence-corrected chi connectivity index (χ0v) is 15.6. The van der Waals surface area contributed by atoms with Crippen molar-refractivity contribution < 1.29 is 29.3 Å². The number of carbonyl (C=O) groups is 3. The van der Waals surface area contributed by atoms with Gasteiger partial charge in [-0.3, -0.25) is 29.8 Å². The first kappa shape index (κ1) is 22.8. The molecule has 0 saturated heterocycles. The van der Waals surface area contributed by atoms with Crippen molar-refractivity contribution in [1.29, 1.82) is 0 Å². The van der Waals surface area contributed by atoms with Gasteiger partial charge in [-0.05, 0) is 6.42 Å². The zero-order chi connectivity index (χ0) is 21.4. The average molecular weight is 414 g/mol. The molecule has 1 aromatic rings. The monoisotopic (exact) mass is 414 g/mol. The summed E-state index contributed by atoms with van der Waals surface area (Å²) in [5.41, 5.74) is -3.52. The van der Waals surface area contributed by atoms with Crippen LogP contribution in [0.1, 0.15) is 35.2 Å². The number of nitrogens with one attached hydrogen (secondary N) is 2. The number of nitrogens with zero attached hydrogens (tertiary/aromatic N) is 2. The highest BCUT2D eigenvalue weighted by atomic mass is 32.1. The molecule has 0 bridgehead atoms. The summed E-state index contributed by atoms with van der Waals surface area (Å²) in [6.45, 7) is 1.86. The van der Waals surface area contributed by atoms with Crippen molar-refractivity contribution in [3.05, 3.63) is 43.5 Å². The molecule has 1 aromatic carbocycles. The number of carboxylic acids is 1. The lowest BCUT2D eigenvalue weighted by molar-refractivity contribution is -0.395. The van der Waals surface area contributed by atoms with Crippen molar-refractivity contribution in [3.63, 3.8) is 0 Å². The maximum Gasteiger partial charge on any atom is 0.336 e. The molecule has 0 fully saturated rings. The number of aromatic carboxylic acids is 1. The number of thiol groups is 1. The second kappa shape index (κ2) is 10.2. The Morgan fingerprint density at radius 2 is 1.54 bits per heavy atom. The van der Waals surface area contributed by atoms with E-state index in [1.165, 1.54) is 0 Å². The summed E-state index contributed by atoms with van der Waals surface area (Å²) in [7, 11) is 0. The summed E-state index contributed by atoms with van der Waals surface area (Å²) >= 11 is 3.90. The molecule has 0 radical (unpaired) electrons. The van der Waals surface area contributed by atoms with Crippen LogP contribution in [0.5, 0.6) is 0 Å². The molecule has 0 heterocycles. The van der Waals surface area contributed by atoms with Gasteiger partial charge >= 0.3 is 5.97 Å². The summed E-state index contributed by atoms with van der Waals surface area (Å²) in [6.07, 6.45) is 0.485. The number of carboxylic acid groups (broad SMARTS) is 1. The molecule has 1 atom stereocenters. The number of benzene rings is 1. The maximum atomic E-state index is 12.5. The Morgan fingerprint density at radius 1 is 1.07 bits per heavy atom. The van der Waals surface area contributed by atoms with E-state index >= 15 is 0 Å². The van der Waals surface area contributed by atoms with Gasteiger partial charge in [-0.2, -0.15) is 12.6 Å². The number of amides is 2. The molecule has 0 aliphatic rings. The molecule has 3 N–H and O–H groups in total. The second-order valence-electron chi connectivity index (χ2n) is 5.49. The van der Waals surface area contributed by atoms with Crippen LogP contribution in [0.2, 0.25) is 0 Å². The Hall–Kier alpha value is -3.22. The molecule has 0 spiro atoms. The molecule has 1 unspecified atom stereocenters. The first-order valence-corrected chi connectivity index (χ1v) is 8.65. The van der Waals surface area contributed by atoms with E-state index < -0.39 is 56.0 Å². The van der Waals surface area contributed by atoms with E-state index in [0.29, 0.717) is 18.6 Å². The van der Waals surface area contributed by atoms with Crippen LogP contribution < -0.4 is 10.6 Å². The van der Waals surface area contributed by atoms with E-state index in [-0.39, 0.29) is 18.8 Å². The van der Waals surface area contributed by atoms with Crippen LogP contribution in [0.15, 0.2) is 12.1 Å². The van der Waals surface area contributed by atoms with Gasteiger partial charge in [0.05, 0.1) is 15.4 Å². The molecule has 13 heteroatoms. The van der Waals surface area contributed by atoms with Gasteiger partial charge in [0.25, 0.3) is 11.4 Å². The Bertz CT molecular complexity index is 758. The van der Waals surface area contributed by atoms with E-state index in [0.717, 1.165) is 0 Å². The lowest BCUT2D eigenvalue weighted by Crippen LogP contribution is -2.41. The summed E-state index contributed by atoms with van der Waals surface area (Å²) in [4.78, 5) is 57.0. The Labute approximate surface area is 164 Å². The van der Waals surface area contributed by atoms with Crippen molar-refractivity contribution in [3.8, 4) is 0 Å². The fraction of sp³-hybridized carbons (Fsp3) is 0.400. The molecular weight excluding hydrogens is 396 g/mol. The summed E-state index contributed by atoms with van der Waals surface area (Å²) in [6, 6.07) is 1.16. The highest BCUT2D eigenvalue weighted by molar-refractivity contribution is 7.80. The highest BCUT2D eigenvalue weighted by Gasteiger charge is 2.41. The Kier molecular flexibility index (Phi) is 8.31. The molecule has 152 valence electrons. The lowest BCUT2D eigenvalue weighted by Gasteiger charge is -2.17. The maximum absolute atomic E-state index is 12.5. The van der Waals surface area contributed by atoms with Gasteiger partial charge in [-0.1, -0.05) is 6.92 Å². The van der Waals surface area contributed by atoms with Crippen LogP contribution in [0, 0.1) is 20.2 Å². The molecule has 12 nitrogen and oxygen atoms in total. The fourth-order valence-electron chi connectivity index (χ4n) is 2.36. The lowest BCUT2D eigenvalue weighted by atomic mass is 9.92. The Balaban J connectivity index is 3.75. The number of carbonyl (C=O) groups excluding carboxylic acids is 2. The highest BCUT2D eigenvalue weighted by Crippen LogP contribution is 2.37. The van der Waals surface area contributed by atoms with Gasteiger partial charge in [0, 0.05) is 31.0 Å². The first-order valence-electron chi connectivity index (χ1n) is 8.01. The summed E-state index contributed by atoms with van der Waals surface area (Å²) in [5, 5.41) is 36.7. The second-order valence-corrected chi connectivity index (χ2v) is 5.93. The Morgan fingerprint density at radius 3 is 1.89 bits per heavy atom. The third kappa shape index (κ3) is 5.39. The smallest absolute Gasteiger partial charge is 0.336 e. The number of nitro benzene ring substituents is 2. The molecule has 0 aliphatic heterocycles. The third-order valence-electron chi connectivity index (χ3n) is 3.55. The van der Waals surface area contributed by atoms with Gasteiger partial charge in [-0.15, -0.1) is 0 Å². The van der Waals surface area contributed by atoms with Crippen LogP contribution in [-0.4, -0.2) is 51.6 Å². The predicted octanol–water partition coefficient (Wildman–Crippen LogP) is 0.857. The molecule has 0 aliphatic carbocycles. The standard InChI is InChI=1S/C15H18N4O8S/c1-2-3-16-13(20)12(14(21)17-4-5-28)11-9(18(24)25)6-8(15(22)23)7-10(11)19(26)27/h6-7,12,28H,2-5H2,1H3,(H,16,20)(H,17,21)(H,22,23). The van der Waals surface area contributed by atoms with Gasteiger partial charge in [0.2, 0.25) is 11.8 Å². The van der Waals surface area contributed by atoms with Crippen molar-refractivity contribution >= 4 is 41.8 Å². The average Bonchev–Trinajstić information content (AvgIpc) is 2.64. The van der Waals surface area contributed by atoms with Crippen molar-refractivity contribution in [2.24, 2.45) is 0 Å². The van der Waals surface area contributed by atoms with E-state index in [4.69, 9.17) is 5.11 Å². The normalized spacial score (nSPS) is 11.4. The van der Waals surface area contributed by atoms with Crippen molar-refractivity contribution in [2.75, 3.05) is 18.8 Å². The quantitative estimate of drug-likeness (QED) is 0.188. The van der Waals surface area contributed by atoms with Gasteiger partial charge in [0.1, 0.15) is 5.56 Å². The number of hydrogen-bond donors (Lipinski definition) is 4. The number of nitro groups is 2. The summed E-state index contributed by atoms with van der Waals surface area (Å²) < 4.78 is 0. The minimum atomic E-state index is -1.92. The van der Waals surface area contributed by atoms with Gasteiger partial charge < -0.3 is 15.7 Å². The van der Waals surface area contributed by atoms with Crippen LogP contribution in [-0.2, 0) is 9.59 Å². The first-order chi connectivity index (χ1) is 13.1. The topological polar surface area (TPSA) is 182 Å².